The Labute approximate surface area is 175 Å². The van der Waals surface area contributed by atoms with Gasteiger partial charge in [-0.25, -0.2) is 4.98 Å². The van der Waals surface area contributed by atoms with E-state index in [1.54, 1.807) is 11.3 Å². The van der Waals surface area contributed by atoms with Crippen LogP contribution in [0.15, 0.2) is 30.3 Å². The van der Waals surface area contributed by atoms with E-state index in [0.29, 0.717) is 0 Å². The van der Waals surface area contributed by atoms with Crippen LogP contribution in [0.5, 0.6) is 0 Å². The summed E-state index contributed by atoms with van der Waals surface area (Å²) < 4.78 is 0. The van der Waals surface area contributed by atoms with Gasteiger partial charge in [0.05, 0.1) is 5.69 Å². The summed E-state index contributed by atoms with van der Waals surface area (Å²) in [6.07, 6.45) is 2.45. The third-order valence-corrected chi connectivity index (χ3v) is 6.88. The summed E-state index contributed by atoms with van der Waals surface area (Å²) in [6.45, 7) is 7.06. The molecule has 1 aliphatic heterocycles. The first-order valence-corrected chi connectivity index (χ1v) is 11.2. The van der Waals surface area contributed by atoms with Crippen LogP contribution in [0.1, 0.15) is 30.8 Å². The van der Waals surface area contributed by atoms with Crippen molar-refractivity contribution in [3.63, 3.8) is 0 Å². The average Bonchev–Trinajstić information content (AvgIpc) is 3.17. The Morgan fingerprint density at radius 2 is 1.86 bits per heavy atom. The molecular formula is C22H28N4O2S. The SMILES string of the molecule is CC(C)C(=O)N1CCN(c2nc3c(s2)CC(C(=O)Nc2ccccc2)CC3)CC1. The fourth-order valence-corrected chi connectivity index (χ4v) is 5.21. The van der Waals surface area contributed by atoms with E-state index < -0.39 is 0 Å². The van der Waals surface area contributed by atoms with Gasteiger partial charge < -0.3 is 15.1 Å². The van der Waals surface area contributed by atoms with Crippen molar-refractivity contribution in [1.82, 2.24) is 9.88 Å². The number of aromatic nitrogens is 1. The number of piperazine rings is 1. The summed E-state index contributed by atoms with van der Waals surface area (Å²) in [4.78, 5) is 35.2. The number of benzene rings is 1. The van der Waals surface area contributed by atoms with Gasteiger partial charge in [0.1, 0.15) is 0 Å². The molecule has 1 N–H and O–H groups in total. The standard InChI is InChI=1S/C22H28N4O2S/c1-15(2)21(28)25-10-12-26(13-11-25)22-24-18-9-8-16(14-19(18)29-22)20(27)23-17-6-4-3-5-7-17/h3-7,15-16H,8-14H2,1-2H3,(H,23,27). The van der Waals surface area contributed by atoms with Crippen LogP contribution in [0.4, 0.5) is 10.8 Å². The van der Waals surface area contributed by atoms with Crippen molar-refractivity contribution in [3.05, 3.63) is 40.9 Å². The van der Waals surface area contributed by atoms with Crippen LogP contribution in [0.25, 0.3) is 0 Å². The number of hydrogen-bond acceptors (Lipinski definition) is 5. The topological polar surface area (TPSA) is 65.5 Å². The van der Waals surface area contributed by atoms with Crippen LogP contribution in [-0.4, -0.2) is 47.9 Å². The zero-order valence-corrected chi connectivity index (χ0v) is 17.9. The molecule has 2 amide bonds. The molecular weight excluding hydrogens is 384 g/mol. The summed E-state index contributed by atoms with van der Waals surface area (Å²) in [5.41, 5.74) is 2.00. The lowest BCUT2D eigenvalue weighted by molar-refractivity contribution is -0.134. The molecule has 1 atom stereocenters. The first-order valence-electron chi connectivity index (χ1n) is 10.4. The first kappa shape index (κ1) is 19.9. The largest absolute Gasteiger partial charge is 0.345 e. The van der Waals surface area contributed by atoms with E-state index in [2.05, 4.69) is 10.2 Å². The highest BCUT2D eigenvalue weighted by atomic mass is 32.1. The number of amides is 2. The lowest BCUT2D eigenvalue weighted by Gasteiger charge is -2.35. The summed E-state index contributed by atoms with van der Waals surface area (Å²) >= 11 is 1.72. The summed E-state index contributed by atoms with van der Waals surface area (Å²) in [5, 5.41) is 4.07. The Balaban J connectivity index is 1.36. The highest BCUT2D eigenvalue weighted by Crippen LogP contribution is 2.35. The molecule has 0 bridgehead atoms. The number of nitrogens with one attached hydrogen (secondary N) is 1. The van der Waals surface area contributed by atoms with Crippen LogP contribution in [0.3, 0.4) is 0 Å². The van der Waals surface area contributed by atoms with Gasteiger partial charge in [-0.3, -0.25) is 9.59 Å². The highest BCUT2D eigenvalue weighted by Gasteiger charge is 2.30. The van der Waals surface area contributed by atoms with Crippen molar-refractivity contribution in [3.8, 4) is 0 Å². The average molecular weight is 413 g/mol. The molecule has 0 saturated carbocycles. The van der Waals surface area contributed by atoms with E-state index in [-0.39, 0.29) is 23.7 Å². The maximum Gasteiger partial charge on any atom is 0.227 e. The molecule has 2 aromatic rings. The van der Waals surface area contributed by atoms with E-state index in [1.807, 2.05) is 49.1 Å². The van der Waals surface area contributed by atoms with Gasteiger partial charge in [-0.1, -0.05) is 32.0 Å². The van der Waals surface area contributed by atoms with Crippen LogP contribution >= 0.6 is 11.3 Å². The molecule has 1 fully saturated rings. The smallest absolute Gasteiger partial charge is 0.227 e. The molecule has 0 radical (unpaired) electrons. The third kappa shape index (κ3) is 4.45. The number of anilines is 2. The summed E-state index contributed by atoms with van der Waals surface area (Å²) in [5.74, 6) is 0.372. The number of rotatable bonds is 4. The number of hydrogen-bond donors (Lipinski definition) is 1. The van der Waals surface area contributed by atoms with Gasteiger partial charge in [0.15, 0.2) is 5.13 Å². The van der Waals surface area contributed by atoms with Crippen LogP contribution in [-0.2, 0) is 22.4 Å². The molecule has 1 aromatic heterocycles. The lowest BCUT2D eigenvalue weighted by atomic mass is 9.90. The van der Waals surface area contributed by atoms with Gasteiger partial charge in [0, 0.05) is 48.6 Å². The molecule has 7 heteroatoms. The minimum absolute atomic E-state index is 0.00323. The number of thiazole rings is 1. The van der Waals surface area contributed by atoms with Crippen molar-refractivity contribution >= 4 is 34.0 Å². The predicted octanol–water partition coefficient (Wildman–Crippen LogP) is 3.19. The molecule has 2 aliphatic rings. The third-order valence-electron chi connectivity index (χ3n) is 5.70. The zero-order chi connectivity index (χ0) is 20.4. The minimum atomic E-state index is -0.00323. The van der Waals surface area contributed by atoms with Crippen molar-refractivity contribution < 1.29 is 9.59 Å². The van der Waals surface area contributed by atoms with E-state index in [9.17, 15) is 9.59 Å². The Morgan fingerprint density at radius 3 is 2.55 bits per heavy atom. The van der Waals surface area contributed by atoms with Crippen LogP contribution < -0.4 is 10.2 Å². The van der Waals surface area contributed by atoms with E-state index >= 15 is 0 Å². The second-order valence-corrected chi connectivity index (χ2v) is 9.19. The van der Waals surface area contributed by atoms with Crippen molar-refractivity contribution in [2.45, 2.75) is 33.1 Å². The Morgan fingerprint density at radius 1 is 1.14 bits per heavy atom. The van der Waals surface area contributed by atoms with E-state index in [0.717, 1.165) is 62.0 Å². The molecule has 1 saturated heterocycles. The fourth-order valence-electron chi connectivity index (χ4n) is 3.97. The molecule has 2 heterocycles. The molecule has 4 rings (SSSR count). The zero-order valence-electron chi connectivity index (χ0n) is 17.1. The maximum absolute atomic E-state index is 12.7. The molecule has 1 unspecified atom stereocenters. The van der Waals surface area contributed by atoms with Crippen molar-refractivity contribution in [2.24, 2.45) is 11.8 Å². The Kier molecular flexibility index (Phi) is 5.85. The van der Waals surface area contributed by atoms with Crippen molar-refractivity contribution in [2.75, 3.05) is 36.4 Å². The summed E-state index contributed by atoms with van der Waals surface area (Å²) in [6, 6.07) is 9.64. The van der Waals surface area contributed by atoms with Gasteiger partial charge in [-0.15, -0.1) is 11.3 Å². The maximum atomic E-state index is 12.7. The lowest BCUT2D eigenvalue weighted by Crippen LogP contribution is -2.49. The van der Waals surface area contributed by atoms with Gasteiger partial charge >= 0.3 is 0 Å². The van der Waals surface area contributed by atoms with Crippen LogP contribution in [0.2, 0.25) is 0 Å². The van der Waals surface area contributed by atoms with Crippen LogP contribution in [0, 0.1) is 11.8 Å². The number of aryl methyl sites for hydroxylation is 1. The number of fused-ring (bicyclic) bond motifs is 1. The number of carbonyl (C=O) groups is 2. The minimum Gasteiger partial charge on any atom is -0.345 e. The normalized spacial score (nSPS) is 19.2. The predicted molar refractivity (Wildman–Crippen MR) is 116 cm³/mol. The number of para-hydroxylation sites is 1. The number of carbonyl (C=O) groups excluding carboxylic acids is 2. The quantitative estimate of drug-likeness (QED) is 0.838. The van der Waals surface area contributed by atoms with Gasteiger partial charge in [-0.05, 0) is 31.4 Å². The van der Waals surface area contributed by atoms with E-state index in [4.69, 9.17) is 4.98 Å². The Bertz CT molecular complexity index is 872. The monoisotopic (exact) mass is 412 g/mol. The summed E-state index contributed by atoms with van der Waals surface area (Å²) in [7, 11) is 0. The van der Waals surface area contributed by atoms with Gasteiger partial charge in [0.25, 0.3) is 0 Å². The fraction of sp³-hybridized carbons (Fsp3) is 0.500. The van der Waals surface area contributed by atoms with Gasteiger partial charge in [-0.2, -0.15) is 0 Å². The first-order chi connectivity index (χ1) is 14.0. The van der Waals surface area contributed by atoms with Crippen molar-refractivity contribution in [1.29, 1.82) is 0 Å². The molecule has 29 heavy (non-hydrogen) atoms. The molecule has 6 nitrogen and oxygen atoms in total. The second-order valence-electron chi connectivity index (χ2n) is 8.13. The Hall–Kier alpha value is -2.41. The number of nitrogens with zero attached hydrogens (tertiary/aromatic N) is 3. The molecule has 1 aromatic carbocycles. The van der Waals surface area contributed by atoms with Gasteiger partial charge in [0.2, 0.25) is 11.8 Å². The second kappa shape index (κ2) is 8.53. The molecule has 1 aliphatic carbocycles. The molecule has 0 spiro atoms. The van der Waals surface area contributed by atoms with E-state index in [1.165, 1.54) is 4.88 Å². The molecule has 154 valence electrons. The highest BCUT2D eigenvalue weighted by molar-refractivity contribution is 7.15.